The number of fused-ring (bicyclic) bond motifs is 1. The van der Waals surface area contributed by atoms with E-state index in [1.807, 2.05) is 0 Å². The molecular weight excluding hydrogens is 284 g/mol. The molecule has 0 aromatic heterocycles. The first-order valence-corrected chi connectivity index (χ1v) is 6.84. The molecule has 2 aliphatic heterocycles. The van der Waals surface area contributed by atoms with E-state index in [4.69, 9.17) is 33.5 Å². The van der Waals surface area contributed by atoms with Crippen molar-refractivity contribution in [2.75, 3.05) is 26.9 Å². The summed E-state index contributed by atoms with van der Waals surface area (Å²) >= 11 is 0. The Morgan fingerprint density at radius 3 is 2.67 bits per heavy atom. The van der Waals surface area contributed by atoms with Crippen molar-refractivity contribution >= 4 is 5.97 Å². The maximum absolute atomic E-state index is 10.9. The van der Waals surface area contributed by atoms with Crippen molar-refractivity contribution in [3.05, 3.63) is 0 Å². The summed E-state index contributed by atoms with van der Waals surface area (Å²) < 4.78 is 26.9. The lowest BCUT2D eigenvalue weighted by molar-refractivity contribution is -0.351. The van der Waals surface area contributed by atoms with Crippen LogP contribution >= 0.6 is 0 Å². The number of carbonyl (C=O) groups is 1. The minimum atomic E-state index is -0.754. The molecule has 8 nitrogen and oxygen atoms in total. The third-order valence-electron chi connectivity index (χ3n) is 3.09. The highest BCUT2D eigenvalue weighted by atomic mass is 17.2. The number of esters is 1. The van der Waals surface area contributed by atoms with Gasteiger partial charge in [0.1, 0.15) is 25.4 Å². The molecule has 0 spiro atoms. The Labute approximate surface area is 123 Å². The summed E-state index contributed by atoms with van der Waals surface area (Å²) in [4.78, 5) is 21.4. The zero-order valence-corrected chi connectivity index (χ0v) is 12.7. The van der Waals surface area contributed by atoms with Gasteiger partial charge < -0.3 is 23.7 Å². The van der Waals surface area contributed by atoms with Crippen LogP contribution in [0.2, 0.25) is 0 Å². The van der Waals surface area contributed by atoms with E-state index in [2.05, 4.69) is 0 Å². The molecule has 2 saturated heterocycles. The maximum Gasteiger partial charge on any atom is 0.302 e. The van der Waals surface area contributed by atoms with E-state index in [1.165, 1.54) is 6.92 Å². The standard InChI is InChI=1S/C13H22O8/c1-8(14)16-7-9-10(21-17-6-5-15-4)11-12(18-9)20-13(2,3)19-11/h9-12H,5-7H2,1-4H3/t9-,10+,11-,12?/m1/s1. The van der Waals surface area contributed by atoms with Crippen LogP contribution in [0.3, 0.4) is 0 Å². The molecule has 0 N–H and O–H groups in total. The predicted molar refractivity (Wildman–Crippen MR) is 68.0 cm³/mol. The summed E-state index contributed by atoms with van der Waals surface area (Å²) in [6, 6.07) is 0. The summed E-state index contributed by atoms with van der Waals surface area (Å²) in [5.74, 6) is -1.15. The minimum absolute atomic E-state index is 0.0494. The van der Waals surface area contributed by atoms with Crippen LogP contribution in [0.4, 0.5) is 0 Å². The van der Waals surface area contributed by atoms with Crippen molar-refractivity contribution in [2.45, 2.75) is 51.2 Å². The van der Waals surface area contributed by atoms with Gasteiger partial charge in [0.15, 0.2) is 18.2 Å². The van der Waals surface area contributed by atoms with E-state index in [0.29, 0.717) is 6.61 Å². The van der Waals surface area contributed by atoms with Crippen LogP contribution in [0.5, 0.6) is 0 Å². The van der Waals surface area contributed by atoms with Gasteiger partial charge in [0.05, 0.1) is 6.61 Å². The molecule has 0 saturated carbocycles. The zero-order chi connectivity index (χ0) is 15.5. The Hall–Kier alpha value is -0.770. The summed E-state index contributed by atoms with van der Waals surface area (Å²) in [6.07, 6.45) is -2.07. The van der Waals surface area contributed by atoms with Crippen molar-refractivity contribution < 1.29 is 38.3 Å². The number of ether oxygens (including phenoxy) is 5. The highest BCUT2D eigenvalue weighted by Gasteiger charge is 2.56. The number of methoxy groups -OCH3 is 1. The van der Waals surface area contributed by atoms with Gasteiger partial charge in [0.2, 0.25) is 0 Å². The number of carbonyl (C=O) groups excluding carboxylic acids is 1. The van der Waals surface area contributed by atoms with Crippen LogP contribution < -0.4 is 0 Å². The minimum Gasteiger partial charge on any atom is -0.463 e. The van der Waals surface area contributed by atoms with Crippen molar-refractivity contribution in [1.82, 2.24) is 0 Å². The molecule has 122 valence electrons. The highest BCUT2D eigenvalue weighted by molar-refractivity contribution is 5.65. The Kier molecular flexibility index (Phi) is 5.53. The van der Waals surface area contributed by atoms with Crippen LogP contribution in [-0.4, -0.2) is 63.3 Å². The smallest absolute Gasteiger partial charge is 0.302 e. The fourth-order valence-corrected chi connectivity index (χ4v) is 2.24. The normalized spacial score (nSPS) is 33.9. The third-order valence-corrected chi connectivity index (χ3v) is 3.09. The molecule has 0 amide bonds. The van der Waals surface area contributed by atoms with Gasteiger partial charge in [-0.1, -0.05) is 0 Å². The molecule has 0 aromatic carbocycles. The van der Waals surface area contributed by atoms with Gasteiger partial charge in [-0.2, -0.15) is 0 Å². The molecule has 2 aliphatic rings. The largest absolute Gasteiger partial charge is 0.463 e. The quantitative estimate of drug-likeness (QED) is 0.289. The number of hydrogen-bond acceptors (Lipinski definition) is 8. The van der Waals surface area contributed by atoms with Crippen LogP contribution in [0.15, 0.2) is 0 Å². The summed E-state index contributed by atoms with van der Waals surface area (Å²) in [6.45, 7) is 5.63. The molecule has 0 radical (unpaired) electrons. The second-order valence-electron chi connectivity index (χ2n) is 5.32. The Morgan fingerprint density at radius 1 is 1.24 bits per heavy atom. The molecule has 1 unspecified atom stereocenters. The Morgan fingerprint density at radius 2 is 2.00 bits per heavy atom. The zero-order valence-electron chi connectivity index (χ0n) is 12.7. The first-order valence-electron chi connectivity index (χ1n) is 6.84. The highest BCUT2D eigenvalue weighted by Crippen LogP contribution is 2.38. The van der Waals surface area contributed by atoms with E-state index in [1.54, 1.807) is 21.0 Å². The van der Waals surface area contributed by atoms with Gasteiger partial charge >= 0.3 is 5.97 Å². The van der Waals surface area contributed by atoms with Gasteiger partial charge in [0, 0.05) is 14.0 Å². The van der Waals surface area contributed by atoms with Crippen LogP contribution in [0.1, 0.15) is 20.8 Å². The van der Waals surface area contributed by atoms with Crippen molar-refractivity contribution in [3.8, 4) is 0 Å². The molecule has 0 bridgehead atoms. The first kappa shape index (κ1) is 16.6. The first-order chi connectivity index (χ1) is 9.93. The topological polar surface area (TPSA) is 81.7 Å². The molecule has 2 fully saturated rings. The predicted octanol–water partition coefficient (Wildman–Crippen LogP) is 0.389. The second kappa shape index (κ2) is 6.99. The number of rotatable bonds is 7. The van der Waals surface area contributed by atoms with E-state index in [9.17, 15) is 4.79 Å². The van der Waals surface area contributed by atoms with Crippen LogP contribution in [-0.2, 0) is 38.3 Å². The van der Waals surface area contributed by atoms with Gasteiger partial charge in [0.25, 0.3) is 0 Å². The van der Waals surface area contributed by atoms with Crippen molar-refractivity contribution in [2.24, 2.45) is 0 Å². The fraction of sp³-hybridized carbons (Fsp3) is 0.923. The van der Waals surface area contributed by atoms with Gasteiger partial charge in [-0.05, 0) is 13.8 Å². The molecule has 4 atom stereocenters. The molecule has 0 aromatic rings. The average molecular weight is 306 g/mol. The van der Waals surface area contributed by atoms with Crippen molar-refractivity contribution in [3.63, 3.8) is 0 Å². The van der Waals surface area contributed by atoms with Crippen LogP contribution in [0, 0.1) is 0 Å². The molecule has 0 aliphatic carbocycles. The lowest BCUT2D eigenvalue weighted by Crippen LogP contribution is -2.39. The Bertz CT molecular complexity index is 358. The third kappa shape index (κ3) is 4.35. The second-order valence-corrected chi connectivity index (χ2v) is 5.32. The van der Waals surface area contributed by atoms with Gasteiger partial charge in [-0.25, -0.2) is 9.78 Å². The van der Waals surface area contributed by atoms with Crippen molar-refractivity contribution in [1.29, 1.82) is 0 Å². The SMILES string of the molecule is COCCOO[C@H]1[C@@H](COC(C)=O)OC2OC(C)(C)O[C@@H]21. The lowest BCUT2D eigenvalue weighted by atomic mass is 10.1. The Balaban J connectivity index is 1.92. The van der Waals surface area contributed by atoms with E-state index in [0.717, 1.165) is 0 Å². The summed E-state index contributed by atoms with van der Waals surface area (Å²) in [7, 11) is 1.57. The lowest BCUT2D eigenvalue weighted by Gasteiger charge is -2.24. The number of hydrogen-bond donors (Lipinski definition) is 0. The van der Waals surface area contributed by atoms with Gasteiger partial charge in [-0.3, -0.25) is 4.79 Å². The molecule has 21 heavy (non-hydrogen) atoms. The summed E-state index contributed by atoms with van der Waals surface area (Å²) in [5, 5.41) is 0. The maximum atomic E-state index is 10.9. The van der Waals surface area contributed by atoms with E-state index in [-0.39, 0.29) is 13.2 Å². The monoisotopic (exact) mass is 306 g/mol. The average Bonchev–Trinajstić information content (AvgIpc) is 2.84. The molecular formula is C13H22O8. The van der Waals surface area contributed by atoms with E-state index < -0.39 is 36.4 Å². The molecule has 2 heterocycles. The van der Waals surface area contributed by atoms with Gasteiger partial charge in [-0.15, -0.1) is 0 Å². The molecule has 2 rings (SSSR count). The van der Waals surface area contributed by atoms with Crippen LogP contribution in [0.25, 0.3) is 0 Å². The summed E-state index contributed by atoms with van der Waals surface area (Å²) in [5.41, 5.74) is 0. The molecule has 8 heteroatoms. The van der Waals surface area contributed by atoms with E-state index >= 15 is 0 Å². The fourth-order valence-electron chi connectivity index (χ4n) is 2.24.